The largest absolute Gasteiger partial charge is 0.542 e. The molecule has 0 amide bonds. The summed E-state index contributed by atoms with van der Waals surface area (Å²) in [6.45, 7) is 24.3. The van der Waals surface area contributed by atoms with E-state index in [1.54, 1.807) is 0 Å². The Morgan fingerprint density at radius 3 is 1.71 bits per heavy atom. The molecule has 31 heavy (non-hydrogen) atoms. The summed E-state index contributed by atoms with van der Waals surface area (Å²) in [5.74, 6) is 2.25. The van der Waals surface area contributed by atoms with Gasteiger partial charge in [-0.05, 0) is 60.7 Å². The number of benzene rings is 2. The highest BCUT2D eigenvalue weighted by atomic mass is 28.4. The van der Waals surface area contributed by atoms with Gasteiger partial charge in [0.05, 0.1) is 0 Å². The number of hydrogen-bond acceptors (Lipinski definition) is 2. The van der Waals surface area contributed by atoms with Crippen molar-refractivity contribution in [1.82, 2.24) is 0 Å². The van der Waals surface area contributed by atoms with Gasteiger partial charge in [0.25, 0.3) is 8.32 Å². The van der Waals surface area contributed by atoms with Gasteiger partial charge in [-0.2, -0.15) is 0 Å². The highest BCUT2D eigenvalue weighted by Crippen LogP contribution is 2.45. The molecule has 0 saturated heterocycles. The Kier molecular flexibility index (Phi) is 8.36. The molecule has 3 heteroatoms. The summed E-state index contributed by atoms with van der Waals surface area (Å²) >= 11 is 0. The average Bonchev–Trinajstić information content (AvgIpc) is 2.63. The van der Waals surface area contributed by atoms with Crippen LogP contribution in [0.1, 0.15) is 63.8 Å². The van der Waals surface area contributed by atoms with E-state index in [1.807, 2.05) is 18.2 Å². The minimum Gasteiger partial charge on any atom is -0.542 e. The first-order chi connectivity index (χ1) is 14.5. The molecule has 0 aliphatic carbocycles. The molecule has 2 aromatic carbocycles. The van der Waals surface area contributed by atoms with Crippen molar-refractivity contribution >= 4 is 14.1 Å². The molecule has 0 unspecified atom stereocenters. The van der Waals surface area contributed by atoms with Crippen molar-refractivity contribution in [3.63, 3.8) is 0 Å². The van der Waals surface area contributed by atoms with E-state index in [1.165, 1.54) is 16.7 Å². The summed E-state index contributed by atoms with van der Waals surface area (Å²) in [6.07, 6.45) is 1.97. The van der Waals surface area contributed by atoms with Crippen LogP contribution in [0.15, 0.2) is 60.9 Å². The number of hydrogen-bond donors (Lipinski definition) is 0. The molecule has 0 aliphatic rings. The molecule has 2 nitrogen and oxygen atoms in total. The smallest absolute Gasteiger partial charge is 0.258 e. The van der Waals surface area contributed by atoms with Crippen molar-refractivity contribution in [3.05, 3.63) is 83.1 Å². The van der Waals surface area contributed by atoms with Gasteiger partial charge in [-0.15, -0.1) is 0 Å². The van der Waals surface area contributed by atoms with Crippen LogP contribution in [-0.4, -0.2) is 8.32 Å². The topological polar surface area (TPSA) is 18.5 Å². The molecular weight excluding hydrogens is 396 g/mol. The maximum absolute atomic E-state index is 7.06. The Bertz CT molecular complexity index is 879. The fourth-order valence-corrected chi connectivity index (χ4v) is 10.0. The van der Waals surface area contributed by atoms with E-state index >= 15 is 0 Å². The van der Waals surface area contributed by atoms with Gasteiger partial charge in [-0.1, -0.05) is 84.0 Å². The van der Waals surface area contributed by atoms with Crippen LogP contribution < -0.4 is 4.74 Å². The summed E-state index contributed by atoms with van der Waals surface area (Å²) in [5.41, 5.74) is 6.09. The van der Waals surface area contributed by atoms with Gasteiger partial charge in [-0.3, -0.25) is 0 Å². The molecule has 0 spiro atoms. The number of ether oxygens (including phenoxy) is 1. The normalized spacial score (nSPS) is 12.6. The van der Waals surface area contributed by atoms with E-state index in [2.05, 4.69) is 99.2 Å². The third-order valence-electron chi connectivity index (χ3n) is 6.07. The van der Waals surface area contributed by atoms with Crippen LogP contribution >= 0.6 is 0 Å². The van der Waals surface area contributed by atoms with Crippen molar-refractivity contribution in [3.8, 4) is 5.75 Å². The third kappa shape index (κ3) is 6.13. The zero-order valence-electron chi connectivity index (χ0n) is 20.9. The van der Waals surface area contributed by atoms with Gasteiger partial charge >= 0.3 is 0 Å². The minimum atomic E-state index is -2.13. The lowest BCUT2D eigenvalue weighted by Crippen LogP contribution is -2.47. The second-order valence-corrected chi connectivity index (χ2v) is 15.1. The van der Waals surface area contributed by atoms with Crippen LogP contribution in [0.5, 0.6) is 5.75 Å². The van der Waals surface area contributed by atoms with E-state index in [4.69, 9.17) is 9.16 Å². The van der Waals surface area contributed by atoms with Crippen LogP contribution in [0.4, 0.5) is 0 Å². The number of rotatable bonds is 9. The monoisotopic (exact) mass is 436 g/mol. The number of aryl methyl sites for hydroxylation is 3. The Hall–Kier alpha value is -2.26. The van der Waals surface area contributed by atoms with Crippen molar-refractivity contribution in [2.24, 2.45) is 0 Å². The fourth-order valence-electron chi connectivity index (χ4n) is 4.75. The Balaban J connectivity index is 2.49. The van der Waals surface area contributed by atoms with Gasteiger partial charge in [0.1, 0.15) is 17.3 Å². The quantitative estimate of drug-likeness (QED) is 0.222. The maximum atomic E-state index is 7.06. The lowest BCUT2D eigenvalue weighted by atomic mass is 10.1. The predicted molar refractivity (Wildman–Crippen MR) is 137 cm³/mol. The van der Waals surface area contributed by atoms with Crippen molar-refractivity contribution in [2.75, 3.05) is 0 Å². The van der Waals surface area contributed by atoms with Crippen molar-refractivity contribution in [1.29, 1.82) is 0 Å². The summed E-state index contributed by atoms with van der Waals surface area (Å²) < 4.78 is 13.2. The molecule has 0 heterocycles. The van der Waals surface area contributed by atoms with E-state index in [0.29, 0.717) is 22.4 Å². The molecular formula is C28H40O2Si. The first-order valence-corrected chi connectivity index (χ1v) is 13.5. The molecule has 2 rings (SSSR count). The Morgan fingerprint density at radius 2 is 1.26 bits per heavy atom. The Morgan fingerprint density at radius 1 is 0.774 bits per heavy atom. The first kappa shape index (κ1) is 25.0. The lowest BCUT2D eigenvalue weighted by Gasteiger charge is -2.43. The van der Waals surface area contributed by atoms with Crippen LogP contribution in [-0.2, 0) is 4.43 Å². The van der Waals surface area contributed by atoms with E-state index in [9.17, 15) is 0 Å². The van der Waals surface area contributed by atoms with E-state index in [-0.39, 0.29) is 0 Å². The highest BCUT2D eigenvalue weighted by molar-refractivity contribution is 6.78. The van der Waals surface area contributed by atoms with Gasteiger partial charge < -0.3 is 9.16 Å². The molecule has 0 radical (unpaired) electrons. The Labute approximate surface area is 191 Å². The maximum Gasteiger partial charge on any atom is 0.258 e. The summed E-state index contributed by atoms with van der Waals surface area (Å²) in [4.78, 5) is 0. The van der Waals surface area contributed by atoms with Crippen LogP contribution in [0.2, 0.25) is 16.6 Å². The zero-order chi connectivity index (χ0) is 23.3. The summed E-state index contributed by atoms with van der Waals surface area (Å²) in [5, 5.41) is 0. The van der Waals surface area contributed by atoms with Crippen LogP contribution in [0, 0.1) is 20.8 Å². The second-order valence-electron chi connectivity index (χ2n) is 9.69. The second kappa shape index (κ2) is 10.4. The average molecular weight is 437 g/mol. The van der Waals surface area contributed by atoms with E-state index < -0.39 is 8.32 Å². The SMILES string of the molecule is C=C(/C=C(/O[Si](C(C)C)(C(C)C)C(C)C)c1ccc(C)cc1)Oc1cc(C)cc(C)c1. The predicted octanol–water partition coefficient (Wildman–Crippen LogP) is 8.74. The van der Waals surface area contributed by atoms with Gasteiger partial charge in [0.2, 0.25) is 0 Å². The molecule has 0 N–H and O–H groups in total. The lowest BCUT2D eigenvalue weighted by molar-refractivity contribution is 0.427. The molecule has 0 aliphatic heterocycles. The summed E-state index contributed by atoms with van der Waals surface area (Å²) in [6, 6.07) is 14.7. The van der Waals surface area contributed by atoms with E-state index in [0.717, 1.165) is 17.1 Å². The number of allylic oxidation sites excluding steroid dienone is 1. The summed E-state index contributed by atoms with van der Waals surface area (Å²) in [7, 11) is -2.13. The standard InChI is InChI=1S/C28H40O2Si/c1-19(2)31(20(3)4,21(5)6)30-28(26-13-11-22(7)12-14-26)18-25(10)29-27-16-23(8)15-24(9)17-27/h11-21H,10H2,1-9H3/b28-18+. The molecule has 0 bridgehead atoms. The first-order valence-electron chi connectivity index (χ1n) is 11.4. The van der Waals surface area contributed by atoms with Crippen molar-refractivity contribution < 1.29 is 9.16 Å². The molecule has 0 atom stereocenters. The van der Waals surface area contributed by atoms with Gasteiger partial charge in [0, 0.05) is 11.6 Å². The molecule has 0 saturated carbocycles. The van der Waals surface area contributed by atoms with Gasteiger partial charge in [-0.25, -0.2) is 0 Å². The third-order valence-corrected chi connectivity index (χ3v) is 12.1. The molecule has 168 valence electrons. The van der Waals surface area contributed by atoms with Crippen LogP contribution in [0.25, 0.3) is 5.76 Å². The molecule has 0 fully saturated rings. The van der Waals surface area contributed by atoms with Crippen LogP contribution in [0.3, 0.4) is 0 Å². The highest BCUT2D eigenvalue weighted by Gasteiger charge is 2.47. The minimum absolute atomic E-state index is 0.481. The molecule has 0 aromatic heterocycles. The zero-order valence-corrected chi connectivity index (χ0v) is 21.9. The van der Waals surface area contributed by atoms with Gasteiger partial charge in [0.15, 0.2) is 0 Å². The fraction of sp³-hybridized carbons (Fsp3) is 0.429. The molecule has 2 aromatic rings. The van der Waals surface area contributed by atoms with Crippen molar-refractivity contribution in [2.45, 2.75) is 78.9 Å².